The first-order valence-electron chi connectivity index (χ1n) is 12.3. The van der Waals surface area contributed by atoms with E-state index in [2.05, 4.69) is 10.1 Å². The molecule has 3 heterocycles. The molecule has 2 aliphatic rings. The van der Waals surface area contributed by atoms with Crippen molar-refractivity contribution in [1.82, 2.24) is 10.1 Å². The highest BCUT2D eigenvalue weighted by molar-refractivity contribution is 7.85. The van der Waals surface area contributed by atoms with Gasteiger partial charge < -0.3 is 24.6 Å². The van der Waals surface area contributed by atoms with Crippen molar-refractivity contribution in [2.45, 2.75) is 23.4 Å². The van der Waals surface area contributed by atoms with Crippen molar-refractivity contribution in [1.29, 1.82) is 0 Å². The molecule has 0 bridgehead atoms. The number of nitrogens with zero attached hydrogens (tertiary/aromatic N) is 3. The molecule has 2 N–H and O–H groups in total. The van der Waals surface area contributed by atoms with E-state index in [0.717, 1.165) is 22.4 Å². The van der Waals surface area contributed by atoms with Crippen LogP contribution < -0.4 is 15.4 Å². The minimum absolute atomic E-state index is 0.00621. The molecule has 11 heteroatoms. The maximum absolute atomic E-state index is 15.3. The zero-order valence-corrected chi connectivity index (χ0v) is 21.9. The van der Waals surface area contributed by atoms with Crippen LogP contribution in [0.4, 0.5) is 10.1 Å². The van der Waals surface area contributed by atoms with E-state index >= 15 is 4.39 Å². The second kappa shape index (κ2) is 9.99. The third kappa shape index (κ3) is 4.73. The normalized spacial score (nSPS) is 18.3. The predicted octanol–water partition coefficient (Wildman–Crippen LogP) is 3.78. The molecule has 2 aliphatic heterocycles. The number of methoxy groups -OCH3 is 1. The lowest BCUT2D eigenvalue weighted by Gasteiger charge is -2.33. The van der Waals surface area contributed by atoms with E-state index in [1.54, 1.807) is 7.11 Å². The van der Waals surface area contributed by atoms with E-state index in [9.17, 15) is 9.00 Å². The first kappa shape index (κ1) is 25.4. The standard InChI is InChI=1S/C28H25FN4O5S/c1-36-20-8-6-19(7-9-20)18-4-2-17(3-5-18)14-33-23-12-21(22(29)13-24(23)39(35)11-10-25(33)34)26-31-27(38-32-26)28(30)15-37-16-28/h2-9,12-13H,10-11,14-16,30H2,1H3. The van der Waals surface area contributed by atoms with Gasteiger partial charge >= 0.3 is 0 Å². The number of hydrogen-bond acceptors (Lipinski definition) is 8. The van der Waals surface area contributed by atoms with E-state index < -0.39 is 22.2 Å². The number of aromatic nitrogens is 2. The predicted molar refractivity (Wildman–Crippen MR) is 142 cm³/mol. The summed E-state index contributed by atoms with van der Waals surface area (Å²) in [5.41, 5.74) is 8.55. The SMILES string of the molecule is COc1ccc(-c2ccc(CN3C(=O)CCS(=O)c4cc(F)c(-c5noc(C6(N)COC6)n5)cc43)cc2)cc1. The fourth-order valence-corrected chi connectivity index (χ4v) is 5.81. The lowest BCUT2D eigenvalue weighted by Crippen LogP contribution is -2.54. The molecule has 0 saturated carbocycles. The number of anilines is 1. The molecule has 1 amide bonds. The summed E-state index contributed by atoms with van der Waals surface area (Å²) in [5.74, 6) is 0.154. The highest BCUT2D eigenvalue weighted by Crippen LogP contribution is 2.36. The number of benzene rings is 3. The highest BCUT2D eigenvalue weighted by atomic mass is 32.2. The van der Waals surface area contributed by atoms with Gasteiger partial charge in [-0.05, 0) is 41.0 Å². The number of ether oxygens (including phenoxy) is 2. The maximum Gasteiger partial charge on any atom is 0.251 e. The summed E-state index contributed by atoms with van der Waals surface area (Å²) < 4.78 is 43.9. The number of fused-ring (bicyclic) bond motifs is 1. The molecule has 1 saturated heterocycles. The second-order valence-corrected chi connectivity index (χ2v) is 11.1. The zero-order valence-electron chi connectivity index (χ0n) is 21.1. The number of halogens is 1. The van der Waals surface area contributed by atoms with Crippen molar-refractivity contribution < 1.29 is 27.4 Å². The molecule has 1 atom stereocenters. The van der Waals surface area contributed by atoms with Crippen LogP contribution in [0.25, 0.3) is 22.5 Å². The Bertz CT molecular complexity index is 1570. The molecule has 39 heavy (non-hydrogen) atoms. The average Bonchev–Trinajstić information content (AvgIpc) is 3.40. The van der Waals surface area contributed by atoms with Gasteiger partial charge in [0.1, 0.15) is 17.1 Å². The molecular weight excluding hydrogens is 523 g/mol. The van der Waals surface area contributed by atoms with Gasteiger partial charge in [0, 0.05) is 12.2 Å². The van der Waals surface area contributed by atoms with Crippen molar-refractivity contribution in [3.8, 4) is 28.3 Å². The summed E-state index contributed by atoms with van der Waals surface area (Å²) in [4.78, 5) is 19.3. The molecule has 0 spiro atoms. The molecule has 0 radical (unpaired) electrons. The van der Waals surface area contributed by atoms with Gasteiger partial charge in [0.25, 0.3) is 5.89 Å². The van der Waals surface area contributed by atoms with E-state index in [1.807, 2.05) is 48.5 Å². The van der Waals surface area contributed by atoms with Gasteiger partial charge in [-0.15, -0.1) is 0 Å². The Morgan fingerprint density at radius 2 is 1.79 bits per heavy atom. The van der Waals surface area contributed by atoms with Gasteiger partial charge in [0.15, 0.2) is 0 Å². The third-order valence-electron chi connectivity index (χ3n) is 6.92. The van der Waals surface area contributed by atoms with Crippen molar-refractivity contribution in [3.05, 3.63) is 77.9 Å². The van der Waals surface area contributed by atoms with E-state index in [-0.39, 0.29) is 60.0 Å². The highest BCUT2D eigenvalue weighted by Gasteiger charge is 2.42. The van der Waals surface area contributed by atoms with Crippen LogP contribution >= 0.6 is 0 Å². The van der Waals surface area contributed by atoms with Crippen LogP contribution in [0.5, 0.6) is 5.75 Å². The van der Waals surface area contributed by atoms with Gasteiger partial charge in [0.05, 0.1) is 53.8 Å². The Kier molecular flexibility index (Phi) is 6.49. The van der Waals surface area contributed by atoms with Gasteiger partial charge in [0.2, 0.25) is 11.7 Å². The molecule has 0 aliphatic carbocycles. The van der Waals surface area contributed by atoms with Crippen LogP contribution in [0, 0.1) is 5.82 Å². The molecule has 3 aromatic carbocycles. The summed E-state index contributed by atoms with van der Waals surface area (Å²) in [7, 11) is 0.0704. The summed E-state index contributed by atoms with van der Waals surface area (Å²) in [6.07, 6.45) is 0.0736. The topological polar surface area (TPSA) is 121 Å². The monoisotopic (exact) mass is 548 g/mol. The molecule has 4 aromatic rings. The smallest absolute Gasteiger partial charge is 0.251 e. The van der Waals surface area contributed by atoms with E-state index in [0.29, 0.717) is 5.69 Å². The fraction of sp³-hybridized carbons (Fsp3) is 0.250. The Morgan fingerprint density at radius 3 is 2.44 bits per heavy atom. The molecule has 1 fully saturated rings. The van der Waals surface area contributed by atoms with Crippen molar-refractivity contribution in [3.63, 3.8) is 0 Å². The van der Waals surface area contributed by atoms with Crippen LogP contribution in [-0.4, -0.2) is 46.3 Å². The minimum Gasteiger partial charge on any atom is -0.497 e. The fourth-order valence-electron chi connectivity index (χ4n) is 4.59. The van der Waals surface area contributed by atoms with Crippen molar-refractivity contribution >= 4 is 22.4 Å². The summed E-state index contributed by atoms with van der Waals surface area (Å²) in [6, 6.07) is 18.2. The second-order valence-electron chi connectivity index (χ2n) is 9.58. The molecule has 200 valence electrons. The summed E-state index contributed by atoms with van der Waals surface area (Å²) in [6.45, 7) is 0.664. The van der Waals surface area contributed by atoms with Gasteiger partial charge in [-0.1, -0.05) is 41.6 Å². The molecule has 6 rings (SSSR count). The van der Waals surface area contributed by atoms with Gasteiger partial charge in [-0.2, -0.15) is 4.98 Å². The Labute approximate surface area is 226 Å². The lowest BCUT2D eigenvalue weighted by atomic mass is 9.99. The molecule has 1 unspecified atom stereocenters. The van der Waals surface area contributed by atoms with E-state index in [4.69, 9.17) is 19.7 Å². The van der Waals surface area contributed by atoms with Crippen LogP contribution in [0.15, 0.2) is 70.1 Å². The number of carbonyl (C=O) groups excluding carboxylic acids is 1. The lowest BCUT2D eigenvalue weighted by molar-refractivity contribution is -0.118. The van der Waals surface area contributed by atoms with Crippen LogP contribution in [-0.2, 0) is 32.4 Å². The van der Waals surface area contributed by atoms with Crippen molar-refractivity contribution in [2.75, 3.05) is 31.0 Å². The van der Waals surface area contributed by atoms with Crippen LogP contribution in [0.1, 0.15) is 17.9 Å². The Morgan fingerprint density at radius 1 is 1.10 bits per heavy atom. The molecular formula is C28H25FN4O5S. The average molecular weight is 549 g/mol. The quantitative estimate of drug-likeness (QED) is 0.387. The van der Waals surface area contributed by atoms with Gasteiger partial charge in [-0.3, -0.25) is 9.00 Å². The number of carbonyl (C=O) groups is 1. The molecule has 9 nitrogen and oxygen atoms in total. The third-order valence-corrected chi connectivity index (χ3v) is 8.31. The van der Waals surface area contributed by atoms with E-state index in [1.165, 1.54) is 17.0 Å². The number of nitrogens with two attached hydrogens (primary N) is 1. The zero-order chi connectivity index (χ0) is 27.1. The Hall–Kier alpha value is -3.93. The molecule has 1 aromatic heterocycles. The minimum atomic E-state index is -1.55. The van der Waals surface area contributed by atoms with Crippen molar-refractivity contribution in [2.24, 2.45) is 5.73 Å². The van der Waals surface area contributed by atoms with Gasteiger partial charge in [-0.25, -0.2) is 4.39 Å². The first-order valence-corrected chi connectivity index (χ1v) is 13.6. The number of hydrogen-bond donors (Lipinski definition) is 1. The summed E-state index contributed by atoms with van der Waals surface area (Å²) >= 11 is 0. The maximum atomic E-state index is 15.3. The largest absolute Gasteiger partial charge is 0.497 e. The first-order chi connectivity index (χ1) is 18.8. The summed E-state index contributed by atoms with van der Waals surface area (Å²) in [5, 5.41) is 3.92. The number of amides is 1. The Balaban J connectivity index is 1.33. The number of rotatable bonds is 6. The van der Waals surface area contributed by atoms with Crippen LogP contribution in [0.2, 0.25) is 0 Å². The van der Waals surface area contributed by atoms with Crippen LogP contribution in [0.3, 0.4) is 0 Å².